The van der Waals surface area contributed by atoms with Crippen molar-refractivity contribution < 1.29 is 26.4 Å². The fraction of sp³-hybridized carbons (Fsp3) is 0.500. The van der Waals surface area contributed by atoms with Crippen LogP contribution in [0.2, 0.25) is 0 Å². The van der Waals surface area contributed by atoms with Crippen LogP contribution in [0.15, 0.2) is 57.2 Å². The molecule has 1 amide bonds. The van der Waals surface area contributed by atoms with Gasteiger partial charge in [-0.05, 0) is 80.3 Å². The van der Waals surface area contributed by atoms with E-state index in [-0.39, 0.29) is 28.8 Å². The van der Waals surface area contributed by atoms with Crippen molar-refractivity contribution in [2.45, 2.75) is 47.3 Å². The van der Waals surface area contributed by atoms with Crippen LogP contribution in [0.25, 0.3) is 0 Å². The van der Waals surface area contributed by atoms with Gasteiger partial charge < -0.3 is 9.64 Å². The molecule has 12 heteroatoms. The number of nitrogens with one attached hydrogen (secondary N) is 1. The normalized spacial score (nSPS) is 17.6. The number of piperidine rings is 1. The summed E-state index contributed by atoms with van der Waals surface area (Å²) in [7, 11) is -7.36. The molecule has 0 radical (unpaired) electrons. The predicted molar refractivity (Wildman–Crippen MR) is 148 cm³/mol. The van der Waals surface area contributed by atoms with E-state index in [1.807, 2.05) is 6.26 Å². The van der Waals surface area contributed by atoms with Gasteiger partial charge in [0.25, 0.3) is 5.91 Å². The molecule has 0 saturated carbocycles. The van der Waals surface area contributed by atoms with Crippen molar-refractivity contribution in [1.29, 1.82) is 0 Å². The highest BCUT2D eigenvalue weighted by Gasteiger charge is 2.27. The lowest BCUT2D eigenvalue weighted by atomic mass is 9.98. The lowest BCUT2D eigenvalue weighted by molar-refractivity contribution is 0.0693. The third kappa shape index (κ3) is 6.71. The first-order valence-corrected chi connectivity index (χ1v) is 17.0. The maximum absolute atomic E-state index is 13.2. The molecule has 0 aromatic heterocycles. The minimum absolute atomic E-state index is 0.00767. The molecule has 0 atom stereocenters. The molecule has 4 rings (SSSR count). The second-order valence-electron chi connectivity index (χ2n) is 9.67. The Kier molecular flexibility index (Phi) is 9.40. The number of hydrogen-bond acceptors (Lipinski definition) is 7. The maximum atomic E-state index is 13.2. The second-order valence-corrected chi connectivity index (χ2v) is 14.2. The summed E-state index contributed by atoms with van der Waals surface area (Å²) in [5.41, 5.74) is 0.398. The number of nitrogens with zero attached hydrogens (tertiary/aromatic N) is 2. The Morgan fingerprint density at radius 3 is 2.24 bits per heavy atom. The van der Waals surface area contributed by atoms with Gasteiger partial charge in [-0.1, -0.05) is 6.92 Å². The monoisotopic (exact) mass is 581 g/mol. The molecule has 9 nitrogen and oxygen atoms in total. The lowest BCUT2D eigenvalue weighted by Crippen LogP contribution is -2.38. The number of amides is 1. The van der Waals surface area contributed by atoms with Crippen molar-refractivity contribution in [2.75, 3.05) is 45.6 Å². The Morgan fingerprint density at radius 1 is 0.974 bits per heavy atom. The third-order valence-electron chi connectivity index (χ3n) is 6.97. The first-order valence-electron chi connectivity index (χ1n) is 12.8. The van der Waals surface area contributed by atoms with Crippen molar-refractivity contribution >= 4 is 37.7 Å². The van der Waals surface area contributed by atoms with Gasteiger partial charge in [0.15, 0.2) is 0 Å². The van der Waals surface area contributed by atoms with Gasteiger partial charge in [0.05, 0.1) is 15.4 Å². The summed E-state index contributed by atoms with van der Waals surface area (Å²) in [6.07, 6.45) is 5.48. The zero-order valence-electron chi connectivity index (χ0n) is 21.8. The topological polar surface area (TPSA) is 113 Å². The van der Waals surface area contributed by atoms with Crippen LogP contribution in [0, 0.1) is 5.92 Å². The van der Waals surface area contributed by atoms with E-state index in [9.17, 15) is 21.6 Å². The summed E-state index contributed by atoms with van der Waals surface area (Å²) in [4.78, 5) is 16.0. The number of ether oxygens (including phenoxy) is 1. The summed E-state index contributed by atoms with van der Waals surface area (Å²) in [6.45, 7) is 4.65. The van der Waals surface area contributed by atoms with Crippen molar-refractivity contribution in [2.24, 2.45) is 5.92 Å². The Labute approximate surface area is 230 Å². The van der Waals surface area contributed by atoms with E-state index in [1.165, 1.54) is 40.3 Å². The molecule has 2 aromatic carbocycles. The average Bonchev–Trinajstić information content (AvgIpc) is 3.47. The molecule has 1 N–H and O–H groups in total. The second kappa shape index (κ2) is 12.4. The van der Waals surface area contributed by atoms with E-state index in [4.69, 9.17) is 4.74 Å². The molecule has 2 heterocycles. The fourth-order valence-corrected chi connectivity index (χ4v) is 7.74. The number of benzene rings is 2. The number of rotatable bonds is 10. The quantitative estimate of drug-likeness (QED) is 0.338. The number of thioether (sulfide) groups is 1. The minimum atomic E-state index is -3.87. The van der Waals surface area contributed by atoms with Crippen LogP contribution < -0.4 is 9.46 Å². The minimum Gasteiger partial charge on any atom is -0.492 e. The molecular weight excluding hydrogens is 547 g/mol. The van der Waals surface area contributed by atoms with Gasteiger partial charge in [0.1, 0.15) is 12.4 Å². The molecule has 2 fully saturated rings. The molecule has 0 aliphatic carbocycles. The van der Waals surface area contributed by atoms with E-state index in [2.05, 4.69) is 11.6 Å². The van der Waals surface area contributed by atoms with E-state index in [1.54, 1.807) is 23.1 Å². The molecule has 208 valence electrons. The highest BCUT2D eigenvalue weighted by Crippen LogP contribution is 2.27. The number of sulfonamides is 2. The summed E-state index contributed by atoms with van der Waals surface area (Å²) in [5, 5.41) is 0. The van der Waals surface area contributed by atoms with Crippen LogP contribution in [-0.4, -0.2) is 77.5 Å². The van der Waals surface area contributed by atoms with Gasteiger partial charge in [0, 0.05) is 37.6 Å². The maximum Gasteiger partial charge on any atom is 0.255 e. The summed E-state index contributed by atoms with van der Waals surface area (Å²) in [6, 6.07) is 10.8. The number of likely N-dealkylation sites (tertiary alicyclic amines) is 1. The van der Waals surface area contributed by atoms with Crippen LogP contribution in [0.3, 0.4) is 0 Å². The summed E-state index contributed by atoms with van der Waals surface area (Å²) in [5.74, 6) is 0.882. The predicted octanol–water partition coefficient (Wildman–Crippen LogP) is 3.42. The van der Waals surface area contributed by atoms with Crippen LogP contribution in [-0.2, 0) is 20.0 Å². The van der Waals surface area contributed by atoms with E-state index in [0.29, 0.717) is 43.4 Å². The van der Waals surface area contributed by atoms with Crippen LogP contribution in [0.4, 0.5) is 0 Å². The summed E-state index contributed by atoms with van der Waals surface area (Å²) < 4.78 is 60.8. The zero-order valence-corrected chi connectivity index (χ0v) is 24.2. The standard InChI is InChI=1S/C26H35N3O6S3/c1-20-11-16-28(17-12-20)26(30)24-19-23(9-10-25(24)36-2)37(31,32)27-13-18-35-21-5-7-22(8-6-21)38(33,34)29-14-3-4-15-29/h5-10,19-20,27H,3-4,11-18H2,1-2H3. The molecule has 0 unspecified atom stereocenters. The van der Waals surface area contributed by atoms with Crippen LogP contribution >= 0.6 is 11.8 Å². The Morgan fingerprint density at radius 2 is 1.61 bits per heavy atom. The number of carbonyl (C=O) groups is 1. The molecule has 0 spiro atoms. The molecule has 2 aliphatic heterocycles. The van der Waals surface area contributed by atoms with Crippen molar-refractivity contribution in [3.8, 4) is 5.75 Å². The molecule has 2 saturated heterocycles. The smallest absolute Gasteiger partial charge is 0.255 e. The highest BCUT2D eigenvalue weighted by molar-refractivity contribution is 7.98. The van der Waals surface area contributed by atoms with Crippen LogP contribution in [0.1, 0.15) is 43.0 Å². The molecule has 2 aliphatic rings. The SMILES string of the molecule is CSc1ccc(S(=O)(=O)NCCOc2ccc(S(=O)(=O)N3CCCC3)cc2)cc1C(=O)N1CCC(C)CC1. The molecular formula is C26H35N3O6S3. The summed E-state index contributed by atoms with van der Waals surface area (Å²) >= 11 is 1.41. The van der Waals surface area contributed by atoms with Gasteiger partial charge >= 0.3 is 0 Å². The van der Waals surface area contributed by atoms with Gasteiger partial charge in [-0.3, -0.25) is 4.79 Å². The van der Waals surface area contributed by atoms with E-state index < -0.39 is 20.0 Å². The van der Waals surface area contributed by atoms with E-state index in [0.717, 1.165) is 30.6 Å². The third-order valence-corrected chi connectivity index (χ3v) is 11.1. The van der Waals surface area contributed by atoms with Crippen molar-refractivity contribution in [3.63, 3.8) is 0 Å². The van der Waals surface area contributed by atoms with Gasteiger partial charge in [0.2, 0.25) is 20.0 Å². The molecule has 0 bridgehead atoms. The van der Waals surface area contributed by atoms with Gasteiger partial charge in [-0.25, -0.2) is 21.6 Å². The first kappa shape index (κ1) is 28.9. The highest BCUT2D eigenvalue weighted by atomic mass is 32.2. The van der Waals surface area contributed by atoms with Crippen molar-refractivity contribution in [1.82, 2.24) is 13.9 Å². The van der Waals surface area contributed by atoms with Gasteiger partial charge in [-0.15, -0.1) is 11.8 Å². The Balaban J connectivity index is 1.35. The number of hydrogen-bond donors (Lipinski definition) is 1. The lowest BCUT2D eigenvalue weighted by Gasteiger charge is -2.30. The Bertz CT molecular complexity index is 1330. The fourth-order valence-electron chi connectivity index (χ4n) is 4.62. The largest absolute Gasteiger partial charge is 0.492 e. The molecule has 2 aromatic rings. The first-order chi connectivity index (χ1) is 18.1. The zero-order chi connectivity index (χ0) is 27.3. The Hall–Kier alpha value is -2.12. The molecule has 38 heavy (non-hydrogen) atoms. The van der Waals surface area contributed by atoms with Crippen LogP contribution in [0.5, 0.6) is 5.75 Å². The number of carbonyl (C=O) groups excluding carboxylic acids is 1. The van der Waals surface area contributed by atoms with Gasteiger partial charge in [-0.2, -0.15) is 4.31 Å². The van der Waals surface area contributed by atoms with E-state index >= 15 is 0 Å². The average molecular weight is 582 g/mol. The van der Waals surface area contributed by atoms with Crippen molar-refractivity contribution in [3.05, 3.63) is 48.0 Å².